The van der Waals surface area contributed by atoms with E-state index in [0.717, 1.165) is 28.6 Å². The molecule has 0 aliphatic heterocycles. The summed E-state index contributed by atoms with van der Waals surface area (Å²) in [6.07, 6.45) is 7.08. The third kappa shape index (κ3) is 5.09. The maximum atomic E-state index is 11.7. The van der Waals surface area contributed by atoms with Crippen molar-refractivity contribution in [3.8, 4) is 0 Å². The Bertz CT molecular complexity index is 516. The number of hydrogen-bond donors (Lipinski definition) is 1. The van der Waals surface area contributed by atoms with Gasteiger partial charge in [0.2, 0.25) is 5.91 Å². The minimum Gasteiger partial charge on any atom is -0.356 e. The summed E-state index contributed by atoms with van der Waals surface area (Å²) in [4.78, 5) is 13.0. The molecule has 0 spiro atoms. The zero-order valence-corrected chi connectivity index (χ0v) is 13.8. The first-order valence-electron chi connectivity index (χ1n) is 6.62. The van der Waals surface area contributed by atoms with E-state index in [1.54, 1.807) is 16.0 Å². The van der Waals surface area contributed by atoms with Crippen molar-refractivity contribution in [2.24, 2.45) is 7.05 Å². The van der Waals surface area contributed by atoms with Crippen LogP contribution in [0.5, 0.6) is 0 Å². The molecule has 1 N–H and O–H groups in total. The van der Waals surface area contributed by atoms with E-state index < -0.39 is 0 Å². The van der Waals surface area contributed by atoms with Crippen LogP contribution in [0.25, 0.3) is 0 Å². The van der Waals surface area contributed by atoms with E-state index in [9.17, 15) is 4.79 Å². The highest BCUT2D eigenvalue weighted by Crippen LogP contribution is 2.23. The number of carbonyl (C=O) groups excluding carboxylic acids is 1. The highest BCUT2D eigenvalue weighted by molar-refractivity contribution is 9.11. The van der Waals surface area contributed by atoms with Gasteiger partial charge in [0.15, 0.2) is 0 Å². The molecule has 0 bridgehead atoms. The van der Waals surface area contributed by atoms with Crippen LogP contribution in [0.15, 0.2) is 28.3 Å². The molecule has 2 aromatic heterocycles. The van der Waals surface area contributed by atoms with Crippen LogP contribution in [-0.4, -0.2) is 22.2 Å². The lowest BCUT2D eigenvalue weighted by molar-refractivity contribution is -0.121. The molecule has 0 fully saturated rings. The van der Waals surface area contributed by atoms with Crippen molar-refractivity contribution >= 4 is 33.2 Å². The molecule has 2 aromatic rings. The molecule has 20 heavy (non-hydrogen) atoms. The van der Waals surface area contributed by atoms with Gasteiger partial charge in [0.25, 0.3) is 0 Å². The van der Waals surface area contributed by atoms with Crippen molar-refractivity contribution in [3.63, 3.8) is 0 Å². The largest absolute Gasteiger partial charge is 0.356 e. The molecule has 0 saturated carbocycles. The highest BCUT2D eigenvalue weighted by atomic mass is 79.9. The molecule has 0 unspecified atom stereocenters. The Labute approximate surface area is 131 Å². The van der Waals surface area contributed by atoms with Crippen LogP contribution in [0.3, 0.4) is 0 Å². The van der Waals surface area contributed by atoms with E-state index in [-0.39, 0.29) is 5.91 Å². The molecule has 0 saturated heterocycles. The topological polar surface area (TPSA) is 46.9 Å². The summed E-state index contributed by atoms with van der Waals surface area (Å²) in [7, 11) is 1.89. The van der Waals surface area contributed by atoms with Gasteiger partial charge in [0, 0.05) is 31.1 Å². The lowest BCUT2D eigenvalue weighted by Gasteiger charge is -2.03. The minimum absolute atomic E-state index is 0.129. The third-order valence-corrected chi connectivity index (χ3v) is 4.63. The Morgan fingerprint density at radius 2 is 2.30 bits per heavy atom. The van der Waals surface area contributed by atoms with Crippen LogP contribution in [0, 0.1) is 0 Å². The van der Waals surface area contributed by atoms with Crippen LogP contribution in [0.4, 0.5) is 0 Å². The number of aromatic nitrogens is 2. The SMILES string of the molecule is Cn1cc(CCNC(=O)CCCc2ccc(Br)s2)cn1. The van der Waals surface area contributed by atoms with Crippen LogP contribution >= 0.6 is 27.3 Å². The predicted molar refractivity (Wildman–Crippen MR) is 84.9 cm³/mol. The lowest BCUT2D eigenvalue weighted by Crippen LogP contribution is -2.25. The fourth-order valence-electron chi connectivity index (χ4n) is 1.94. The normalized spacial score (nSPS) is 10.7. The van der Waals surface area contributed by atoms with Gasteiger partial charge in [-0.25, -0.2) is 0 Å². The van der Waals surface area contributed by atoms with Gasteiger partial charge >= 0.3 is 0 Å². The number of rotatable bonds is 7. The summed E-state index contributed by atoms with van der Waals surface area (Å²) in [6.45, 7) is 0.676. The van der Waals surface area contributed by atoms with E-state index in [1.807, 2.05) is 25.5 Å². The first-order chi connectivity index (χ1) is 9.63. The van der Waals surface area contributed by atoms with Gasteiger partial charge in [-0.1, -0.05) is 0 Å². The fraction of sp³-hybridized carbons (Fsp3) is 0.429. The zero-order chi connectivity index (χ0) is 14.4. The molecule has 4 nitrogen and oxygen atoms in total. The van der Waals surface area contributed by atoms with Crippen molar-refractivity contribution < 1.29 is 4.79 Å². The second kappa shape index (κ2) is 7.59. The van der Waals surface area contributed by atoms with Crippen molar-refractivity contribution in [3.05, 3.63) is 38.8 Å². The average Bonchev–Trinajstić information content (AvgIpc) is 2.99. The minimum atomic E-state index is 0.129. The summed E-state index contributed by atoms with van der Waals surface area (Å²) >= 11 is 5.18. The zero-order valence-electron chi connectivity index (χ0n) is 11.4. The molecule has 0 aromatic carbocycles. The second-order valence-corrected chi connectivity index (χ2v) is 7.23. The van der Waals surface area contributed by atoms with E-state index in [1.165, 1.54) is 4.88 Å². The number of thiophene rings is 1. The van der Waals surface area contributed by atoms with Gasteiger partial charge in [-0.15, -0.1) is 11.3 Å². The second-order valence-electron chi connectivity index (χ2n) is 4.68. The van der Waals surface area contributed by atoms with E-state index in [2.05, 4.69) is 32.4 Å². The van der Waals surface area contributed by atoms with Gasteiger partial charge in [-0.05, 0) is 52.9 Å². The molecule has 0 aliphatic rings. The molecular formula is C14H18BrN3OS. The molecule has 0 atom stereocenters. The Morgan fingerprint density at radius 1 is 1.45 bits per heavy atom. The third-order valence-electron chi connectivity index (χ3n) is 2.95. The number of hydrogen-bond acceptors (Lipinski definition) is 3. The van der Waals surface area contributed by atoms with E-state index in [4.69, 9.17) is 0 Å². The molecule has 0 aliphatic carbocycles. The van der Waals surface area contributed by atoms with Crippen LogP contribution in [0.1, 0.15) is 23.3 Å². The predicted octanol–water partition coefficient (Wildman–Crippen LogP) is 2.93. The number of carbonyl (C=O) groups is 1. The summed E-state index contributed by atoms with van der Waals surface area (Å²) in [5, 5.41) is 7.05. The monoisotopic (exact) mass is 355 g/mol. The fourth-order valence-corrected chi connectivity index (χ4v) is 3.47. The summed E-state index contributed by atoms with van der Waals surface area (Å²) < 4.78 is 2.92. The molecule has 6 heteroatoms. The summed E-state index contributed by atoms with van der Waals surface area (Å²) in [5.74, 6) is 0.129. The van der Waals surface area contributed by atoms with Crippen molar-refractivity contribution in [1.29, 1.82) is 0 Å². The Kier molecular flexibility index (Phi) is 5.79. The van der Waals surface area contributed by atoms with E-state index in [0.29, 0.717) is 13.0 Å². The van der Waals surface area contributed by atoms with Crippen LogP contribution in [-0.2, 0) is 24.7 Å². The summed E-state index contributed by atoms with van der Waals surface area (Å²) in [6, 6.07) is 4.16. The standard InChI is InChI=1S/C14H18BrN3OS/c1-18-10-11(9-17-18)7-8-16-14(19)4-2-3-12-5-6-13(15)20-12/h5-6,9-10H,2-4,7-8H2,1H3,(H,16,19). The molecule has 0 radical (unpaired) electrons. The van der Waals surface area contributed by atoms with Gasteiger partial charge in [-0.3, -0.25) is 9.48 Å². The summed E-state index contributed by atoms with van der Waals surface area (Å²) in [5.41, 5.74) is 1.15. The number of aryl methyl sites for hydroxylation is 2. The Balaban J connectivity index is 1.58. The molecule has 2 heterocycles. The average molecular weight is 356 g/mol. The molecule has 108 valence electrons. The number of amides is 1. The van der Waals surface area contributed by atoms with Gasteiger partial charge < -0.3 is 5.32 Å². The van der Waals surface area contributed by atoms with Crippen molar-refractivity contribution in [2.45, 2.75) is 25.7 Å². The Morgan fingerprint density at radius 3 is 2.95 bits per heavy atom. The maximum absolute atomic E-state index is 11.7. The first-order valence-corrected chi connectivity index (χ1v) is 8.23. The van der Waals surface area contributed by atoms with Crippen molar-refractivity contribution in [2.75, 3.05) is 6.54 Å². The van der Waals surface area contributed by atoms with Gasteiger partial charge in [-0.2, -0.15) is 5.10 Å². The van der Waals surface area contributed by atoms with Gasteiger partial charge in [0.1, 0.15) is 0 Å². The lowest BCUT2D eigenvalue weighted by atomic mass is 10.2. The number of nitrogens with one attached hydrogen (secondary N) is 1. The molecule has 1 amide bonds. The number of nitrogens with zero attached hydrogens (tertiary/aromatic N) is 2. The molecule has 2 rings (SSSR count). The molecular weight excluding hydrogens is 338 g/mol. The highest BCUT2D eigenvalue weighted by Gasteiger charge is 2.03. The van der Waals surface area contributed by atoms with Gasteiger partial charge in [0.05, 0.1) is 9.98 Å². The first kappa shape index (κ1) is 15.3. The quantitative estimate of drug-likeness (QED) is 0.829. The van der Waals surface area contributed by atoms with E-state index >= 15 is 0 Å². The smallest absolute Gasteiger partial charge is 0.220 e. The number of halogens is 1. The maximum Gasteiger partial charge on any atom is 0.220 e. The van der Waals surface area contributed by atoms with Crippen LogP contribution < -0.4 is 5.32 Å². The van der Waals surface area contributed by atoms with Crippen molar-refractivity contribution in [1.82, 2.24) is 15.1 Å². The van der Waals surface area contributed by atoms with Crippen LogP contribution in [0.2, 0.25) is 0 Å². The Hall–Kier alpha value is -1.14.